The van der Waals surface area contributed by atoms with Crippen molar-refractivity contribution < 1.29 is 8.42 Å². The molecule has 21 heavy (non-hydrogen) atoms. The molecule has 1 saturated carbocycles. The van der Waals surface area contributed by atoms with Crippen LogP contribution in [0.3, 0.4) is 0 Å². The van der Waals surface area contributed by atoms with Crippen molar-refractivity contribution in [3.63, 3.8) is 0 Å². The Labute approximate surface area is 124 Å². The fourth-order valence-corrected chi connectivity index (χ4v) is 3.90. The van der Waals surface area contributed by atoms with Crippen molar-refractivity contribution in [3.05, 3.63) is 41.9 Å². The molecule has 1 aliphatic rings. The summed E-state index contributed by atoms with van der Waals surface area (Å²) in [5.74, 6) is 0.587. The maximum Gasteiger partial charge on any atom is 0.260 e. The van der Waals surface area contributed by atoms with E-state index < -0.39 is 10.0 Å². The maximum absolute atomic E-state index is 12.8. The fourth-order valence-electron chi connectivity index (χ4n) is 2.27. The average Bonchev–Trinajstić information content (AvgIpc) is 3.18. The van der Waals surface area contributed by atoms with Gasteiger partial charge in [-0.25, -0.2) is 13.4 Å². The van der Waals surface area contributed by atoms with Crippen molar-refractivity contribution >= 4 is 15.7 Å². The molecule has 3 N–H and O–H groups in total. The highest BCUT2D eigenvalue weighted by Gasteiger charge is 2.39. The van der Waals surface area contributed by atoms with Crippen LogP contribution in [-0.2, 0) is 16.6 Å². The van der Waals surface area contributed by atoms with Gasteiger partial charge in [0.15, 0.2) is 5.03 Å². The van der Waals surface area contributed by atoms with Gasteiger partial charge in [0.05, 0.1) is 6.20 Å². The van der Waals surface area contributed by atoms with E-state index in [0.717, 1.165) is 18.4 Å². The van der Waals surface area contributed by atoms with E-state index in [1.807, 2.05) is 18.2 Å². The number of nitrogens with one attached hydrogen (secondary N) is 1. The number of nitrogens with zero attached hydrogens (tertiary/aromatic N) is 2. The van der Waals surface area contributed by atoms with Gasteiger partial charge in [-0.2, -0.15) is 4.31 Å². The molecule has 1 aromatic carbocycles. The van der Waals surface area contributed by atoms with E-state index in [2.05, 4.69) is 9.97 Å². The summed E-state index contributed by atoms with van der Waals surface area (Å²) >= 11 is 0. The number of aromatic nitrogens is 2. The fraction of sp³-hybridized carbons (Fsp3) is 0.357. The molecule has 1 heterocycles. The topological polar surface area (TPSA) is 92.1 Å². The molecule has 3 rings (SSSR count). The van der Waals surface area contributed by atoms with Crippen LogP contribution >= 0.6 is 0 Å². The molecular formula is C14H18N4O2S. The quantitative estimate of drug-likeness (QED) is 0.822. The highest BCUT2D eigenvalue weighted by Crippen LogP contribution is 2.33. The maximum atomic E-state index is 12.8. The number of imidazole rings is 1. The van der Waals surface area contributed by atoms with Gasteiger partial charge >= 0.3 is 0 Å². The lowest BCUT2D eigenvalue weighted by Gasteiger charge is -2.21. The summed E-state index contributed by atoms with van der Waals surface area (Å²) in [5, 5.41) is 0.140. The zero-order chi connectivity index (χ0) is 15.0. The van der Waals surface area contributed by atoms with Crippen molar-refractivity contribution in [1.82, 2.24) is 14.3 Å². The Hall–Kier alpha value is -1.86. The second-order valence-corrected chi connectivity index (χ2v) is 7.17. The number of nitrogen functional groups attached to an aromatic ring is 1. The van der Waals surface area contributed by atoms with Crippen LogP contribution in [0.15, 0.2) is 35.5 Å². The number of H-pyrrole nitrogens is 1. The van der Waals surface area contributed by atoms with E-state index in [9.17, 15) is 8.42 Å². The molecule has 7 heteroatoms. The summed E-state index contributed by atoms with van der Waals surface area (Å²) in [6, 6.07) is 7.40. The minimum atomic E-state index is -3.57. The van der Waals surface area contributed by atoms with Crippen LogP contribution in [0.25, 0.3) is 0 Å². The second kappa shape index (κ2) is 5.16. The van der Waals surface area contributed by atoms with Crippen LogP contribution in [0.2, 0.25) is 0 Å². The molecule has 0 spiro atoms. The van der Waals surface area contributed by atoms with Crippen LogP contribution in [0.4, 0.5) is 5.69 Å². The second-order valence-electron chi connectivity index (χ2n) is 5.31. The standard InChI is InChI=1S/C14H18N4O2S/c1-10-16-8-14(17-10)21(19,20)18(12-6-7-12)9-11-4-2-3-5-13(11)15/h2-5,8,12H,6-7,9,15H2,1H3,(H,16,17). The lowest BCUT2D eigenvalue weighted by atomic mass is 10.2. The van der Waals surface area contributed by atoms with E-state index >= 15 is 0 Å². The zero-order valence-electron chi connectivity index (χ0n) is 11.8. The molecule has 0 amide bonds. The molecule has 0 saturated heterocycles. The Morgan fingerprint density at radius 1 is 1.38 bits per heavy atom. The third-order valence-electron chi connectivity index (χ3n) is 3.60. The normalized spacial score (nSPS) is 15.5. The largest absolute Gasteiger partial charge is 0.398 e. The summed E-state index contributed by atoms with van der Waals surface area (Å²) in [7, 11) is -3.57. The van der Waals surface area contributed by atoms with Crippen molar-refractivity contribution in [2.24, 2.45) is 0 Å². The third kappa shape index (κ3) is 2.79. The van der Waals surface area contributed by atoms with Crippen LogP contribution in [-0.4, -0.2) is 28.7 Å². The monoisotopic (exact) mass is 306 g/mol. The number of hydrogen-bond donors (Lipinski definition) is 2. The van der Waals surface area contributed by atoms with Gasteiger partial charge in [-0.1, -0.05) is 18.2 Å². The van der Waals surface area contributed by atoms with Crippen LogP contribution in [0.1, 0.15) is 24.2 Å². The smallest absolute Gasteiger partial charge is 0.260 e. The molecule has 1 fully saturated rings. The van der Waals surface area contributed by atoms with Gasteiger partial charge in [-0.15, -0.1) is 0 Å². The van der Waals surface area contributed by atoms with Crippen molar-refractivity contribution in [1.29, 1.82) is 0 Å². The molecule has 0 atom stereocenters. The SMILES string of the molecule is Cc1ncc(S(=O)(=O)N(Cc2ccccc2N)C2CC2)[nH]1. The van der Waals surface area contributed by atoms with E-state index in [1.54, 1.807) is 13.0 Å². The van der Waals surface area contributed by atoms with Gasteiger partial charge in [0.1, 0.15) is 5.82 Å². The molecule has 0 unspecified atom stereocenters. The van der Waals surface area contributed by atoms with Gasteiger partial charge in [0, 0.05) is 18.3 Å². The molecule has 1 aromatic heterocycles. The Kier molecular flexibility index (Phi) is 3.46. The molecule has 6 nitrogen and oxygen atoms in total. The number of benzene rings is 1. The first kappa shape index (κ1) is 14.1. The summed E-state index contributed by atoms with van der Waals surface area (Å²) in [6.45, 7) is 2.02. The Morgan fingerprint density at radius 2 is 2.10 bits per heavy atom. The summed E-state index contributed by atoms with van der Waals surface area (Å²) in [6.07, 6.45) is 3.15. The minimum absolute atomic E-state index is 0.0539. The van der Waals surface area contributed by atoms with Crippen molar-refractivity contribution in [2.75, 3.05) is 5.73 Å². The predicted octanol–water partition coefficient (Wildman–Crippen LogP) is 1.65. The average molecular weight is 306 g/mol. The lowest BCUT2D eigenvalue weighted by molar-refractivity contribution is 0.397. The molecule has 2 aromatic rings. The molecule has 0 aliphatic heterocycles. The van der Waals surface area contributed by atoms with Crippen LogP contribution in [0, 0.1) is 6.92 Å². The minimum Gasteiger partial charge on any atom is -0.398 e. The summed E-state index contributed by atoms with van der Waals surface area (Å²) < 4.78 is 27.0. The Balaban J connectivity index is 1.94. The number of para-hydroxylation sites is 1. The first-order valence-corrected chi connectivity index (χ1v) is 8.29. The number of aromatic amines is 1. The number of hydrogen-bond acceptors (Lipinski definition) is 4. The zero-order valence-corrected chi connectivity index (χ0v) is 12.6. The van der Waals surface area contributed by atoms with Crippen molar-refractivity contribution in [3.8, 4) is 0 Å². The summed E-state index contributed by atoms with van der Waals surface area (Å²) in [5.41, 5.74) is 7.37. The Bertz CT molecular complexity index is 750. The molecular weight excluding hydrogens is 288 g/mol. The van der Waals surface area contributed by atoms with E-state index in [1.165, 1.54) is 10.5 Å². The van der Waals surface area contributed by atoms with Gasteiger partial charge < -0.3 is 10.7 Å². The third-order valence-corrected chi connectivity index (χ3v) is 5.41. The van der Waals surface area contributed by atoms with Crippen LogP contribution < -0.4 is 5.73 Å². The molecule has 0 bridgehead atoms. The molecule has 1 aliphatic carbocycles. The molecule has 0 radical (unpaired) electrons. The predicted molar refractivity (Wildman–Crippen MR) is 79.9 cm³/mol. The van der Waals surface area contributed by atoms with Crippen LogP contribution in [0.5, 0.6) is 0 Å². The highest BCUT2D eigenvalue weighted by molar-refractivity contribution is 7.89. The van der Waals surface area contributed by atoms with Gasteiger partial charge in [-0.05, 0) is 31.4 Å². The van der Waals surface area contributed by atoms with Gasteiger partial charge in [0.25, 0.3) is 10.0 Å². The van der Waals surface area contributed by atoms with E-state index in [-0.39, 0.29) is 17.6 Å². The number of aryl methyl sites for hydroxylation is 1. The lowest BCUT2D eigenvalue weighted by Crippen LogP contribution is -2.33. The number of nitrogens with two attached hydrogens (primary N) is 1. The van der Waals surface area contributed by atoms with Gasteiger partial charge in [-0.3, -0.25) is 0 Å². The van der Waals surface area contributed by atoms with Crippen molar-refractivity contribution in [2.45, 2.75) is 37.4 Å². The van der Waals surface area contributed by atoms with E-state index in [0.29, 0.717) is 11.5 Å². The number of sulfonamides is 1. The molecule has 112 valence electrons. The first-order chi connectivity index (χ1) is 9.98. The van der Waals surface area contributed by atoms with Gasteiger partial charge in [0.2, 0.25) is 0 Å². The van der Waals surface area contributed by atoms with E-state index in [4.69, 9.17) is 5.73 Å². The first-order valence-electron chi connectivity index (χ1n) is 6.85. The number of rotatable bonds is 5. The highest BCUT2D eigenvalue weighted by atomic mass is 32.2. The Morgan fingerprint density at radius 3 is 2.67 bits per heavy atom. The summed E-state index contributed by atoms with van der Waals surface area (Å²) in [4.78, 5) is 6.79. The number of anilines is 1.